The van der Waals surface area contributed by atoms with Gasteiger partial charge in [0.2, 0.25) is 0 Å². The molecule has 4 rings (SSSR count). The molecule has 0 saturated heterocycles. The number of pyridine rings is 1. The van der Waals surface area contributed by atoms with Gasteiger partial charge in [-0.15, -0.1) is 0 Å². The van der Waals surface area contributed by atoms with Gasteiger partial charge < -0.3 is 24.3 Å². The lowest BCUT2D eigenvalue weighted by molar-refractivity contribution is -0.120. The van der Waals surface area contributed by atoms with Crippen molar-refractivity contribution in [1.82, 2.24) is 14.9 Å². The number of benzene rings is 2. The fourth-order valence-corrected chi connectivity index (χ4v) is 4.68. The summed E-state index contributed by atoms with van der Waals surface area (Å²) in [5.74, 6) is -2.49. The Balaban J connectivity index is 1.50. The second kappa shape index (κ2) is 15.0. The Morgan fingerprint density at radius 2 is 1.84 bits per heavy atom. The lowest BCUT2D eigenvalue weighted by Gasteiger charge is -2.16. The predicted molar refractivity (Wildman–Crippen MR) is 160 cm³/mol. The number of amides is 1. The van der Waals surface area contributed by atoms with Crippen LogP contribution in [0.25, 0.3) is 10.9 Å². The van der Waals surface area contributed by atoms with Gasteiger partial charge in [-0.05, 0) is 49.2 Å². The third kappa shape index (κ3) is 8.71. The zero-order valence-electron chi connectivity index (χ0n) is 24.7. The highest BCUT2D eigenvalue weighted by Gasteiger charge is 2.22. The number of ether oxygens (including phenoxy) is 2. The van der Waals surface area contributed by atoms with Gasteiger partial charge >= 0.3 is 6.09 Å². The van der Waals surface area contributed by atoms with E-state index in [0.717, 1.165) is 18.2 Å². The summed E-state index contributed by atoms with van der Waals surface area (Å²) in [6, 6.07) is 9.31. The van der Waals surface area contributed by atoms with Gasteiger partial charge in [-0.3, -0.25) is 14.4 Å². The highest BCUT2D eigenvalue weighted by atomic mass is 19.1. The number of allylic oxidation sites excluding steroid dienone is 2. The van der Waals surface area contributed by atoms with Crippen molar-refractivity contribution in [3.8, 4) is 5.75 Å². The molecule has 4 aromatic rings. The van der Waals surface area contributed by atoms with Crippen molar-refractivity contribution in [2.24, 2.45) is 0 Å². The average molecular weight is 624 g/mol. The summed E-state index contributed by atoms with van der Waals surface area (Å²) in [7, 11) is 1.17. The number of hydrogen-bond donors (Lipinski definition) is 2. The van der Waals surface area contributed by atoms with E-state index in [-0.39, 0.29) is 48.7 Å². The second-order valence-corrected chi connectivity index (χ2v) is 10.3. The molecule has 9 nitrogen and oxygen atoms in total. The van der Waals surface area contributed by atoms with E-state index in [2.05, 4.69) is 15.0 Å². The van der Waals surface area contributed by atoms with Gasteiger partial charge in [0.1, 0.15) is 29.8 Å². The summed E-state index contributed by atoms with van der Waals surface area (Å²) in [6.07, 6.45) is 4.43. The molecule has 0 saturated carbocycles. The van der Waals surface area contributed by atoms with E-state index in [0.29, 0.717) is 29.4 Å². The standard InChI is InChI=1S/C33H32F3N3O6/c1-3-26(40)8-4-5-9-28(38-33(43)44-2)29(41)15-20-7-6-12-39(32(20)42)18-25-14-22-13-24(35)17-30(31(22)37-25)45-19-21-10-11-23(34)16-27(21)36/h4,6-8,10-14,16-17,28,37H,3,5,9,15,18-19H2,1-2H3,(H,38,43)/b8-4+/t28-/m0/s1. The number of H-pyrrole nitrogens is 1. The van der Waals surface area contributed by atoms with E-state index >= 15 is 0 Å². The SMILES string of the molecule is CCC(=O)/C=C/CC[C@H](NC(=O)OC)C(=O)Cc1cccn(Cc2cc3cc(F)cc(OCc4ccc(F)cc4F)c3[nH]2)c1=O. The van der Waals surface area contributed by atoms with Crippen LogP contribution in [0, 0.1) is 17.5 Å². The zero-order chi connectivity index (χ0) is 32.5. The number of Topliss-reactive ketones (excluding diaryl/α,β-unsaturated/α-hetero) is 1. The number of methoxy groups -OCH3 is 1. The van der Waals surface area contributed by atoms with Crippen LogP contribution in [0.1, 0.15) is 43.0 Å². The lowest BCUT2D eigenvalue weighted by Crippen LogP contribution is -2.42. The largest absolute Gasteiger partial charge is 0.486 e. The molecule has 0 fully saturated rings. The third-order valence-electron chi connectivity index (χ3n) is 7.06. The van der Waals surface area contributed by atoms with Crippen LogP contribution in [0.5, 0.6) is 5.75 Å². The molecule has 45 heavy (non-hydrogen) atoms. The van der Waals surface area contributed by atoms with E-state index < -0.39 is 40.9 Å². The molecule has 0 bridgehead atoms. The predicted octanol–water partition coefficient (Wildman–Crippen LogP) is 5.53. The molecule has 1 atom stereocenters. The Kier molecular flexibility index (Phi) is 11.0. The number of fused-ring (bicyclic) bond motifs is 1. The van der Waals surface area contributed by atoms with E-state index in [4.69, 9.17) is 4.74 Å². The fraction of sp³-hybridized carbons (Fsp3) is 0.273. The maximum atomic E-state index is 14.4. The van der Waals surface area contributed by atoms with Gasteiger partial charge in [0.25, 0.3) is 5.56 Å². The highest BCUT2D eigenvalue weighted by Crippen LogP contribution is 2.29. The van der Waals surface area contributed by atoms with E-state index in [1.165, 1.54) is 42.1 Å². The minimum atomic E-state index is -0.947. The molecule has 0 radical (unpaired) electrons. The molecule has 0 aliphatic heterocycles. The first-order chi connectivity index (χ1) is 21.6. The monoisotopic (exact) mass is 623 g/mol. The number of halogens is 3. The quantitative estimate of drug-likeness (QED) is 0.179. The molecule has 236 valence electrons. The van der Waals surface area contributed by atoms with Crippen LogP contribution < -0.4 is 15.6 Å². The Morgan fingerprint density at radius 1 is 1.04 bits per heavy atom. The number of carbonyl (C=O) groups excluding carboxylic acids is 3. The summed E-state index contributed by atoms with van der Waals surface area (Å²) >= 11 is 0. The van der Waals surface area contributed by atoms with Gasteiger partial charge in [0.15, 0.2) is 11.6 Å². The van der Waals surface area contributed by atoms with E-state index in [1.54, 1.807) is 25.1 Å². The molecular weight excluding hydrogens is 591 g/mol. The molecule has 0 spiro atoms. The number of hydrogen-bond acceptors (Lipinski definition) is 6. The second-order valence-electron chi connectivity index (χ2n) is 10.3. The number of aromatic nitrogens is 2. The van der Waals surface area contributed by atoms with Crippen molar-refractivity contribution < 1.29 is 37.0 Å². The molecule has 12 heteroatoms. The zero-order valence-corrected chi connectivity index (χ0v) is 24.7. The van der Waals surface area contributed by atoms with Crippen LogP contribution in [0.2, 0.25) is 0 Å². The van der Waals surface area contributed by atoms with E-state index in [9.17, 15) is 32.3 Å². The summed E-state index contributed by atoms with van der Waals surface area (Å²) < 4.78 is 53.4. The van der Waals surface area contributed by atoms with Crippen LogP contribution in [0.15, 0.2) is 71.7 Å². The number of aromatic amines is 1. The number of alkyl carbamates (subject to hydrolysis) is 1. The minimum absolute atomic E-state index is 0.0449. The first kappa shape index (κ1) is 32.8. The van der Waals surface area contributed by atoms with Crippen LogP contribution in [0.4, 0.5) is 18.0 Å². The van der Waals surface area contributed by atoms with Crippen LogP contribution >= 0.6 is 0 Å². The molecule has 2 aromatic carbocycles. The first-order valence-corrected chi connectivity index (χ1v) is 14.2. The van der Waals surface area contributed by atoms with E-state index in [1.807, 2.05) is 0 Å². The topological polar surface area (TPSA) is 119 Å². The van der Waals surface area contributed by atoms with Crippen molar-refractivity contribution in [2.45, 2.75) is 51.8 Å². The maximum absolute atomic E-state index is 14.4. The van der Waals surface area contributed by atoms with Gasteiger partial charge in [-0.25, -0.2) is 18.0 Å². The van der Waals surface area contributed by atoms with Crippen molar-refractivity contribution >= 4 is 28.6 Å². The number of rotatable bonds is 14. The molecule has 2 heterocycles. The van der Waals surface area contributed by atoms with Crippen LogP contribution in [-0.4, -0.2) is 40.4 Å². The summed E-state index contributed by atoms with van der Waals surface area (Å²) in [5.41, 5.74) is 0.788. The van der Waals surface area contributed by atoms with Crippen molar-refractivity contribution in [2.75, 3.05) is 7.11 Å². The molecular formula is C33H32F3N3O6. The fourth-order valence-electron chi connectivity index (χ4n) is 4.68. The first-order valence-electron chi connectivity index (χ1n) is 14.2. The van der Waals surface area contributed by atoms with Gasteiger partial charge in [0, 0.05) is 53.4 Å². The van der Waals surface area contributed by atoms with Crippen molar-refractivity contribution in [1.29, 1.82) is 0 Å². The molecule has 1 amide bonds. The molecule has 2 aromatic heterocycles. The highest BCUT2D eigenvalue weighted by molar-refractivity contribution is 5.90. The number of nitrogens with zero attached hydrogens (tertiary/aromatic N) is 1. The number of carbonyl (C=O) groups is 3. The van der Waals surface area contributed by atoms with Gasteiger partial charge in [-0.2, -0.15) is 0 Å². The van der Waals surface area contributed by atoms with Gasteiger partial charge in [0.05, 0.1) is 25.2 Å². The Morgan fingerprint density at radius 3 is 2.58 bits per heavy atom. The summed E-state index contributed by atoms with van der Waals surface area (Å²) in [4.78, 5) is 53.0. The third-order valence-corrected chi connectivity index (χ3v) is 7.06. The Bertz CT molecular complexity index is 1800. The maximum Gasteiger partial charge on any atom is 0.407 e. The molecule has 0 aliphatic carbocycles. The van der Waals surface area contributed by atoms with Gasteiger partial charge in [-0.1, -0.05) is 19.1 Å². The summed E-state index contributed by atoms with van der Waals surface area (Å²) in [6.45, 7) is 1.51. The average Bonchev–Trinajstić information content (AvgIpc) is 3.41. The van der Waals surface area contributed by atoms with Crippen molar-refractivity contribution in [3.63, 3.8) is 0 Å². The number of ketones is 2. The molecule has 2 N–H and O–H groups in total. The van der Waals surface area contributed by atoms with Crippen LogP contribution in [-0.2, 0) is 33.9 Å². The van der Waals surface area contributed by atoms with Crippen LogP contribution in [0.3, 0.4) is 0 Å². The normalized spacial score (nSPS) is 11.9. The summed E-state index contributed by atoms with van der Waals surface area (Å²) in [5, 5.41) is 2.94. The number of nitrogens with one attached hydrogen (secondary N) is 2. The molecule has 0 aliphatic rings. The smallest absolute Gasteiger partial charge is 0.407 e. The Hall–Kier alpha value is -5.13. The molecule has 0 unspecified atom stereocenters. The lowest BCUT2D eigenvalue weighted by atomic mass is 10.0. The Labute approximate surface area is 256 Å². The van der Waals surface area contributed by atoms with Crippen molar-refractivity contribution in [3.05, 3.63) is 112 Å². The minimum Gasteiger partial charge on any atom is -0.486 e.